The highest BCUT2D eigenvalue weighted by Crippen LogP contribution is 2.23. The van der Waals surface area contributed by atoms with Gasteiger partial charge in [0.05, 0.1) is 0 Å². The maximum atomic E-state index is 6.07. The summed E-state index contributed by atoms with van der Waals surface area (Å²) in [7, 11) is 8.23. The summed E-state index contributed by atoms with van der Waals surface area (Å²) in [5, 5.41) is 3.97. The van der Waals surface area contributed by atoms with Crippen LogP contribution in [-0.2, 0) is 6.54 Å². The molecule has 1 rings (SSSR count). The molecular weight excluding hydrogens is 234 g/mol. The van der Waals surface area contributed by atoms with E-state index in [9.17, 15) is 0 Å². The van der Waals surface area contributed by atoms with E-state index in [4.69, 9.17) is 11.6 Å². The topological polar surface area (TPSA) is 18.5 Å². The van der Waals surface area contributed by atoms with Gasteiger partial charge in [-0.05, 0) is 38.8 Å². The summed E-state index contributed by atoms with van der Waals surface area (Å²) < 4.78 is 0. The Labute approximate surface area is 109 Å². The molecule has 0 unspecified atom stereocenters. The number of nitrogens with one attached hydrogen (secondary N) is 1. The van der Waals surface area contributed by atoms with Crippen molar-refractivity contribution in [1.82, 2.24) is 10.2 Å². The maximum absolute atomic E-state index is 6.07. The van der Waals surface area contributed by atoms with E-state index in [1.165, 1.54) is 11.3 Å². The SMILES string of the molecule is CNCc1ccc(Cl)cc1N(C)CCN(C)C. The molecule has 0 radical (unpaired) electrons. The number of likely N-dealkylation sites (N-methyl/N-ethyl adjacent to an activating group) is 2. The lowest BCUT2D eigenvalue weighted by Crippen LogP contribution is -2.29. The average molecular weight is 256 g/mol. The van der Waals surface area contributed by atoms with Gasteiger partial charge in [0.1, 0.15) is 0 Å². The highest BCUT2D eigenvalue weighted by molar-refractivity contribution is 6.30. The third-order valence-corrected chi connectivity index (χ3v) is 2.94. The Morgan fingerprint density at radius 1 is 1.18 bits per heavy atom. The largest absolute Gasteiger partial charge is 0.373 e. The highest BCUT2D eigenvalue weighted by atomic mass is 35.5. The third kappa shape index (κ3) is 4.54. The summed E-state index contributed by atoms with van der Waals surface area (Å²) in [5.41, 5.74) is 2.48. The van der Waals surface area contributed by atoms with Gasteiger partial charge in [0.25, 0.3) is 0 Å². The number of anilines is 1. The predicted molar refractivity (Wildman–Crippen MR) is 76.0 cm³/mol. The average Bonchev–Trinajstić information content (AvgIpc) is 2.28. The van der Waals surface area contributed by atoms with Crippen molar-refractivity contribution < 1.29 is 0 Å². The van der Waals surface area contributed by atoms with Gasteiger partial charge in [0.2, 0.25) is 0 Å². The standard InChI is InChI=1S/C13H22ClN3/c1-15-10-11-5-6-12(14)9-13(11)17(4)8-7-16(2)3/h5-6,9,15H,7-8,10H2,1-4H3. The van der Waals surface area contributed by atoms with Crippen molar-refractivity contribution >= 4 is 17.3 Å². The van der Waals surface area contributed by atoms with Gasteiger partial charge in [-0.2, -0.15) is 0 Å². The minimum Gasteiger partial charge on any atom is -0.373 e. The van der Waals surface area contributed by atoms with E-state index in [0.29, 0.717) is 0 Å². The second kappa shape index (κ2) is 6.84. The zero-order chi connectivity index (χ0) is 12.8. The molecule has 17 heavy (non-hydrogen) atoms. The molecule has 0 fully saturated rings. The number of nitrogens with zero attached hydrogens (tertiary/aromatic N) is 2. The molecule has 1 N–H and O–H groups in total. The first-order chi connectivity index (χ1) is 8.04. The van der Waals surface area contributed by atoms with Gasteiger partial charge in [0.15, 0.2) is 0 Å². The molecule has 0 aromatic heterocycles. The van der Waals surface area contributed by atoms with Crippen LogP contribution in [0.1, 0.15) is 5.56 Å². The van der Waals surface area contributed by atoms with Gasteiger partial charge in [0, 0.05) is 37.4 Å². The summed E-state index contributed by atoms with van der Waals surface area (Å²) in [6, 6.07) is 6.06. The van der Waals surface area contributed by atoms with E-state index in [1.807, 2.05) is 19.2 Å². The van der Waals surface area contributed by atoms with Crippen LogP contribution < -0.4 is 10.2 Å². The van der Waals surface area contributed by atoms with Gasteiger partial charge >= 0.3 is 0 Å². The van der Waals surface area contributed by atoms with Crippen LogP contribution in [-0.4, -0.2) is 46.2 Å². The minimum absolute atomic E-state index is 0.788. The monoisotopic (exact) mass is 255 g/mol. The van der Waals surface area contributed by atoms with Gasteiger partial charge in [-0.25, -0.2) is 0 Å². The molecule has 0 saturated carbocycles. The highest BCUT2D eigenvalue weighted by Gasteiger charge is 2.08. The smallest absolute Gasteiger partial charge is 0.0426 e. The summed E-state index contributed by atoms with van der Waals surface area (Å²) in [4.78, 5) is 4.43. The fraction of sp³-hybridized carbons (Fsp3) is 0.538. The van der Waals surface area contributed by atoms with Gasteiger partial charge in [-0.15, -0.1) is 0 Å². The van der Waals surface area contributed by atoms with E-state index >= 15 is 0 Å². The first-order valence-corrected chi connectivity index (χ1v) is 6.21. The maximum Gasteiger partial charge on any atom is 0.0426 e. The van der Waals surface area contributed by atoms with Gasteiger partial charge in [-0.1, -0.05) is 17.7 Å². The number of hydrogen-bond donors (Lipinski definition) is 1. The predicted octanol–water partition coefficient (Wildman–Crippen LogP) is 2.06. The molecule has 0 bridgehead atoms. The Hall–Kier alpha value is -0.770. The second-order valence-corrected chi connectivity index (χ2v) is 4.96. The summed E-state index contributed by atoms with van der Waals surface area (Å²) >= 11 is 6.07. The number of rotatable bonds is 6. The van der Waals surface area contributed by atoms with E-state index in [1.54, 1.807) is 0 Å². The lowest BCUT2D eigenvalue weighted by Gasteiger charge is -2.24. The lowest BCUT2D eigenvalue weighted by molar-refractivity contribution is 0.416. The molecule has 0 aliphatic carbocycles. The van der Waals surface area contributed by atoms with Gasteiger partial charge in [-0.3, -0.25) is 0 Å². The Balaban J connectivity index is 2.81. The Morgan fingerprint density at radius 2 is 1.88 bits per heavy atom. The molecule has 0 spiro atoms. The van der Waals surface area contributed by atoms with Crippen molar-refractivity contribution in [3.05, 3.63) is 28.8 Å². The Bertz CT molecular complexity index is 353. The lowest BCUT2D eigenvalue weighted by atomic mass is 10.1. The fourth-order valence-corrected chi connectivity index (χ4v) is 1.87. The van der Waals surface area contributed by atoms with Crippen LogP contribution in [0, 0.1) is 0 Å². The molecule has 1 aromatic rings. The van der Waals surface area contributed by atoms with Crippen molar-refractivity contribution in [3.63, 3.8) is 0 Å². The van der Waals surface area contributed by atoms with Gasteiger partial charge < -0.3 is 15.1 Å². The fourth-order valence-electron chi connectivity index (χ4n) is 1.70. The Kier molecular flexibility index (Phi) is 5.75. The van der Waals surface area contributed by atoms with Crippen molar-refractivity contribution in [2.24, 2.45) is 0 Å². The molecule has 0 saturated heterocycles. The minimum atomic E-state index is 0.788. The zero-order valence-electron chi connectivity index (χ0n) is 11.1. The van der Waals surface area contributed by atoms with Crippen LogP contribution in [0.5, 0.6) is 0 Å². The van der Waals surface area contributed by atoms with Crippen LogP contribution in [0.15, 0.2) is 18.2 Å². The summed E-state index contributed by atoms with van der Waals surface area (Å²) in [6.07, 6.45) is 0. The van der Waals surface area contributed by atoms with Crippen LogP contribution in [0.25, 0.3) is 0 Å². The molecule has 4 heteroatoms. The number of benzene rings is 1. The van der Waals surface area contributed by atoms with Crippen molar-refractivity contribution in [1.29, 1.82) is 0 Å². The molecule has 0 amide bonds. The normalized spacial score (nSPS) is 10.9. The summed E-state index contributed by atoms with van der Waals surface area (Å²) in [6.45, 7) is 2.88. The molecule has 3 nitrogen and oxygen atoms in total. The van der Waals surface area contributed by atoms with Crippen LogP contribution in [0.2, 0.25) is 5.02 Å². The first-order valence-electron chi connectivity index (χ1n) is 5.83. The number of hydrogen-bond acceptors (Lipinski definition) is 3. The van der Waals surface area contributed by atoms with Crippen molar-refractivity contribution in [2.75, 3.05) is 46.2 Å². The molecule has 0 aliphatic rings. The Morgan fingerprint density at radius 3 is 2.47 bits per heavy atom. The second-order valence-electron chi connectivity index (χ2n) is 4.53. The van der Waals surface area contributed by atoms with E-state index < -0.39 is 0 Å². The molecule has 96 valence electrons. The summed E-state index contributed by atoms with van der Waals surface area (Å²) in [5.74, 6) is 0. The van der Waals surface area contributed by atoms with Crippen LogP contribution in [0.4, 0.5) is 5.69 Å². The van der Waals surface area contributed by atoms with E-state index in [2.05, 4.69) is 42.3 Å². The zero-order valence-corrected chi connectivity index (χ0v) is 11.9. The molecular formula is C13H22ClN3. The van der Waals surface area contributed by atoms with Crippen molar-refractivity contribution in [2.45, 2.75) is 6.54 Å². The van der Waals surface area contributed by atoms with Crippen LogP contribution >= 0.6 is 11.6 Å². The molecule has 0 aliphatic heterocycles. The molecule has 0 heterocycles. The van der Waals surface area contributed by atoms with Crippen LogP contribution in [0.3, 0.4) is 0 Å². The third-order valence-electron chi connectivity index (χ3n) is 2.71. The molecule has 1 aromatic carbocycles. The molecule has 0 atom stereocenters. The quantitative estimate of drug-likeness (QED) is 0.840. The number of halogens is 1. The van der Waals surface area contributed by atoms with E-state index in [0.717, 1.165) is 24.7 Å². The van der Waals surface area contributed by atoms with Crippen molar-refractivity contribution in [3.8, 4) is 0 Å². The first kappa shape index (κ1) is 14.3. The van der Waals surface area contributed by atoms with E-state index in [-0.39, 0.29) is 0 Å².